The van der Waals surface area contributed by atoms with Crippen molar-refractivity contribution in [2.45, 2.75) is 33.0 Å². The molecule has 1 heterocycles. The van der Waals surface area contributed by atoms with Crippen molar-refractivity contribution in [3.63, 3.8) is 0 Å². The second-order valence-corrected chi connectivity index (χ2v) is 4.50. The van der Waals surface area contributed by atoms with Crippen molar-refractivity contribution in [2.24, 2.45) is 5.41 Å². The fraction of sp³-hybridized carbons (Fsp3) is 0.636. The molecule has 0 radical (unpaired) electrons. The van der Waals surface area contributed by atoms with Crippen LogP contribution < -0.4 is 0 Å². The molecule has 0 N–H and O–H groups in total. The summed E-state index contributed by atoms with van der Waals surface area (Å²) in [7, 11) is 0. The molecule has 5 heteroatoms. The number of esters is 1. The highest BCUT2D eigenvalue weighted by Gasteiger charge is 2.48. The normalized spacial score (nSPS) is 24.2. The average Bonchev–Trinajstić information content (AvgIpc) is 2.56. The van der Waals surface area contributed by atoms with Gasteiger partial charge in [-0.25, -0.2) is 9.59 Å². The number of cyclic esters (lactones) is 2. The number of rotatable bonds is 2. The van der Waals surface area contributed by atoms with Gasteiger partial charge in [0.1, 0.15) is 0 Å². The second-order valence-electron chi connectivity index (χ2n) is 4.50. The van der Waals surface area contributed by atoms with Gasteiger partial charge < -0.3 is 14.2 Å². The van der Waals surface area contributed by atoms with E-state index in [0.717, 1.165) is 0 Å². The summed E-state index contributed by atoms with van der Waals surface area (Å²) < 4.78 is 14.4. The molecule has 0 amide bonds. The van der Waals surface area contributed by atoms with Gasteiger partial charge in [0.2, 0.25) is 6.10 Å². The van der Waals surface area contributed by atoms with Crippen LogP contribution in [0.15, 0.2) is 0 Å². The standard InChI is InChI=1S/C11H14O5/c1-5-6-14-9(12)7-8(11(2,3)4)16-10(13)15-7/h1,7-8H,6H2,2-4H3. The molecular formula is C11H14O5. The minimum Gasteiger partial charge on any atom is -0.450 e. The highest BCUT2D eigenvalue weighted by atomic mass is 16.8. The lowest BCUT2D eigenvalue weighted by atomic mass is 9.86. The Labute approximate surface area is 94.0 Å². The zero-order chi connectivity index (χ0) is 12.3. The van der Waals surface area contributed by atoms with E-state index in [4.69, 9.17) is 20.6 Å². The first-order valence-electron chi connectivity index (χ1n) is 4.83. The van der Waals surface area contributed by atoms with Gasteiger partial charge in [0.05, 0.1) is 0 Å². The van der Waals surface area contributed by atoms with Crippen LogP contribution in [0.1, 0.15) is 20.8 Å². The molecule has 0 aromatic rings. The summed E-state index contributed by atoms with van der Waals surface area (Å²) in [4.78, 5) is 22.5. The quantitative estimate of drug-likeness (QED) is 0.521. The molecule has 2 unspecified atom stereocenters. The predicted molar refractivity (Wildman–Crippen MR) is 54.4 cm³/mol. The molecule has 0 aromatic carbocycles. The molecule has 1 aliphatic heterocycles. The summed E-state index contributed by atoms with van der Waals surface area (Å²) in [6.45, 7) is 5.35. The molecule has 0 aromatic heterocycles. The van der Waals surface area contributed by atoms with Crippen molar-refractivity contribution >= 4 is 12.1 Å². The lowest BCUT2D eigenvalue weighted by Gasteiger charge is -2.26. The maximum absolute atomic E-state index is 11.5. The Bertz CT molecular complexity index is 333. The minimum absolute atomic E-state index is 0.149. The van der Waals surface area contributed by atoms with Gasteiger partial charge in [0.25, 0.3) is 0 Å². The van der Waals surface area contributed by atoms with E-state index in [-0.39, 0.29) is 6.61 Å². The Hall–Kier alpha value is -1.70. The van der Waals surface area contributed by atoms with Gasteiger partial charge in [0, 0.05) is 5.41 Å². The van der Waals surface area contributed by atoms with E-state index >= 15 is 0 Å². The highest BCUT2D eigenvalue weighted by Crippen LogP contribution is 2.31. The van der Waals surface area contributed by atoms with Crippen LogP contribution in [0.4, 0.5) is 4.79 Å². The molecule has 1 saturated heterocycles. The fourth-order valence-electron chi connectivity index (χ4n) is 1.36. The molecule has 88 valence electrons. The van der Waals surface area contributed by atoms with Crippen LogP contribution in [0.3, 0.4) is 0 Å². The molecule has 16 heavy (non-hydrogen) atoms. The Morgan fingerprint density at radius 2 is 2.12 bits per heavy atom. The molecule has 0 aliphatic carbocycles. The van der Waals surface area contributed by atoms with Crippen molar-refractivity contribution < 1.29 is 23.8 Å². The summed E-state index contributed by atoms with van der Waals surface area (Å²) in [5.41, 5.74) is -0.411. The van der Waals surface area contributed by atoms with E-state index in [1.807, 2.05) is 20.8 Å². The predicted octanol–water partition coefficient (Wildman–Crippen LogP) is 1.11. The van der Waals surface area contributed by atoms with Crippen LogP contribution in [-0.4, -0.2) is 30.9 Å². The van der Waals surface area contributed by atoms with Crippen molar-refractivity contribution in [3.05, 3.63) is 0 Å². The monoisotopic (exact) mass is 226 g/mol. The van der Waals surface area contributed by atoms with E-state index in [0.29, 0.717) is 0 Å². The third-order valence-electron chi connectivity index (χ3n) is 2.10. The van der Waals surface area contributed by atoms with E-state index in [1.54, 1.807) is 0 Å². The van der Waals surface area contributed by atoms with Gasteiger partial charge in [-0.3, -0.25) is 0 Å². The molecule has 0 saturated carbocycles. The fourth-order valence-corrected chi connectivity index (χ4v) is 1.36. The smallest absolute Gasteiger partial charge is 0.450 e. The van der Waals surface area contributed by atoms with E-state index in [9.17, 15) is 9.59 Å². The molecular weight excluding hydrogens is 212 g/mol. The third-order valence-corrected chi connectivity index (χ3v) is 2.10. The molecule has 1 fully saturated rings. The first kappa shape index (κ1) is 12.4. The number of hydrogen-bond acceptors (Lipinski definition) is 5. The number of carbonyl (C=O) groups excluding carboxylic acids is 2. The van der Waals surface area contributed by atoms with Crippen molar-refractivity contribution in [1.82, 2.24) is 0 Å². The Morgan fingerprint density at radius 1 is 1.50 bits per heavy atom. The maximum Gasteiger partial charge on any atom is 0.509 e. The highest BCUT2D eigenvalue weighted by molar-refractivity contribution is 5.80. The van der Waals surface area contributed by atoms with Crippen LogP contribution in [0.2, 0.25) is 0 Å². The number of hydrogen-bond donors (Lipinski definition) is 0. The van der Waals surface area contributed by atoms with Crippen LogP contribution in [0.5, 0.6) is 0 Å². The molecule has 5 nitrogen and oxygen atoms in total. The largest absolute Gasteiger partial charge is 0.509 e. The summed E-state index contributed by atoms with van der Waals surface area (Å²) in [6, 6.07) is 0. The van der Waals surface area contributed by atoms with E-state index in [1.165, 1.54) is 0 Å². The van der Waals surface area contributed by atoms with Gasteiger partial charge >= 0.3 is 12.1 Å². The van der Waals surface area contributed by atoms with Gasteiger partial charge in [-0.05, 0) is 0 Å². The first-order valence-corrected chi connectivity index (χ1v) is 4.83. The lowest BCUT2D eigenvalue weighted by molar-refractivity contribution is -0.153. The van der Waals surface area contributed by atoms with Crippen molar-refractivity contribution in [1.29, 1.82) is 0 Å². The van der Waals surface area contributed by atoms with Gasteiger partial charge in [0.15, 0.2) is 12.7 Å². The SMILES string of the molecule is C#CCOC(=O)C1OC(=O)OC1C(C)(C)C. The Balaban J connectivity index is 2.74. The number of carbonyl (C=O) groups is 2. The molecule has 1 rings (SSSR count). The Morgan fingerprint density at radius 3 is 2.62 bits per heavy atom. The molecule has 0 spiro atoms. The van der Waals surface area contributed by atoms with E-state index < -0.39 is 29.7 Å². The van der Waals surface area contributed by atoms with Crippen molar-refractivity contribution in [3.8, 4) is 12.3 Å². The maximum atomic E-state index is 11.5. The zero-order valence-corrected chi connectivity index (χ0v) is 9.48. The van der Waals surface area contributed by atoms with E-state index in [2.05, 4.69) is 5.92 Å². The number of ether oxygens (including phenoxy) is 3. The summed E-state index contributed by atoms with van der Waals surface area (Å²) >= 11 is 0. The van der Waals surface area contributed by atoms with Crippen LogP contribution in [-0.2, 0) is 19.0 Å². The second kappa shape index (κ2) is 4.44. The topological polar surface area (TPSA) is 61.8 Å². The minimum atomic E-state index is -1.04. The Kier molecular flexibility index (Phi) is 3.43. The summed E-state index contributed by atoms with van der Waals surface area (Å²) in [5.74, 6) is 1.49. The molecule has 0 bridgehead atoms. The summed E-state index contributed by atoms with van der Waals surface area (Å²) in [6.07, 6.45) is 2.40. The molecule has 1 aliphatic rings. The van der Waals surface area contributed by atoms with Crippen LogP contribution in [0, 0.1) is 17.8 Å². The first-order chi connectivity index (χ1) is 7.36. The summed E-state index contributed by atoms with van der Waals surface area (Å²) in [5, 5.41) is 0. The zero-order valence-electron chi connectivity index (χ0n) is 9.48. The number of terminal acetylenes is 1. The van der Waals surface area contributed by atoms with Gasteiger partial charge in [-0.1, -0.05) is 26.7 Å². The van der Waals surface area contributed by atoms with Gasteiger partial charge in [-0.15, -0.1) is 6.42 Å². The van der Waals surface area contributed by atoms with Crippen LogP contribution in [0.25, 0.3) is 0 Å². The average molecular weight is 226 g/mol. The van der Waals surface area contributed by atoms with Crippen LogP contribution >= 0.6 is 0 Å². The lowest BCUT2D eigenvalue weighted by Crippen LogP contribution is -2.41. The molecule has 2 atom stereocenters. The van der Waals surface area contributed by atoms with Crippen molar-refractivity contribution in [2.75, 3.05) is 6.61 Å². The third kappa shape index (κ3) is 2.66. The van der Waals surface area contributed by atoms with Gasteiger partial charge in [-0.2, -0.15) is 0 Å².